The van der Waals surface area contributed by atoms with Gasteiger partial charge in [-0.3, -0.25) is 0 Å². The van der Waals surface area contributed by atoms with Crippen molar-refractivity contribution < 1.29 is 4.74 Å². The van der Waals surface area contributed by atoms with Crippen LogP contribution in [0.5, 0.6) is 5.75 Å². The lowest BCUT2D eigenvalue weighted by Crippen LogP contribution is -2.03. The van der Waals surface area contributed by atoms with E-state index in [1.54, 1.807) is 7.11 Å². The van der Waals surface area contributed by atoms with Crippen LogP contribution in [0, 0.1) is 20.8 Å². The van der Waals surface area contributed by atoms with Crippen LogP contribution in [-0.2, 0) is 0 Å². The van der Waals surface area contributed by atoms with Crippen molar-refractivity contribution in [3.05, 3.63) is 35.2 Å². The summed E-state index contributed by atoms with van der Waals surface area (Å²) in [6.45, 7) is 6.10. The molecule has 0 saturated carbocycles. The molecule has 2 rings (SSSR count). The van der Waals surface area contributed by atoms with E-state index in [0.29, 0.717) is 5.69 Å². The molecule has 90 valence electrons. The van der Waals surface area contributed by atoms with Crippen LogP contribution in [-0.4, -0.2) is 16.9 Å². The fourth-order valence-electron chi connectivity index (χ4n) is 1.83. The van der Waals surface area contributed by atoms with Gasteiger partial charge in [-0.05, 0) is 44.5 Å². The normalized spacial score (nSPS) is 10.6. The monoisotopic (exact) mass is 231 g/mol. The first kappa shape index (κ1) is 11.5. The van der Waals surface area contributed by atoms with Crippen molar-refractivity contribution in [3.8, 4) is 11.4 Å². The standard InChI is InChI=1S/C13H17N3O/c1-8-9(2)15-16(10(8)3)12-7-11(14)5-6-13(12)17-4/h5-7H,14H2,1-4H3. The van der Waals surface area contributed by atoms with Crippen molar-refractivity contribution in [1.29, 1.82) is 0 Å². The molecule has 0 amide bonds. The number of nitrogens with two attached hydrogens (primary N) is 1. The lowest BCUT2D eigenvalue weighted by molar-refractivity contribution is 0.411. The molecule has 2 N–H and O–H groups in total. The Labute approximate surface area is 101 Å². The van der Waals surface area contributed by atoms with Crippen molar-refractivity contribution >= 4 is 5.69 Å². The highest BCUT2D eigenvalue weighted by atomic mass is 16.5. The Morgan fingerprint density at radius 1 is 1.24 bits per heavy atom. The number of nitrogen functional groups attached to an aromatic ring is 1. The maximum atomic E-state index is 5.82. The Hall–Kier alpha value is -1.97. The molecule has 0 aliphatic heterocycles. The largest absolute Gasteiger partial charge is 0.494 e. The second-order valence-electron chi connectivity index (χ2n) is 4.14. The third-order valence-electron chi connectivity index (χ3n) is 3.08. The van der Waals surface area contributed by atoms with Crippen LogP contribution in [0.3, 0.4) is 0 Å². The van der Waals surface area contributed by atoms with Gasteiger partial charge in [0, 0.05) is 11.4 Å². The predicted molar refractivity (Wildman–Crippen MR) is 68.7 cm³/mol. The molecular weight excluding hydrogens is 214 g/mol. The number of hydrogen-bond acceptors (Lipinski definition) is 3. The van der Waals surface area contributed by atoms with E-state index in [1.807, 2.05) is 36.7 Å². The summed E-state index contributed by atoms with van der Waals surface area (Å²) in [5.41, 5.74) is 10.7. The summed E-state index contributed by atoms with van der Waals surface area (Å²) in [5.74, 6) is 0.768. The van der Waals surface area contributed by atoms with Gasteiger partial charge < -0.3 is 10.5 Å². The molecule has 1 heterocycles. The topological polar surface area (TPSA) is 53.1 Å². The fraction of sp³-hybridized carbons (Fsp3) is 0.308. The zero-order chi connectivity index (χ0) is 12.6. The van der Waals surface area contributed by atoms with Crippen LogP contribution in [0.2, 0.25) is 0 Å². The number of benzene rings is 1. The number of rotatable bonds is 2. The smallest absolute Gasteiger partial charge is 0.144 e. The molecule has 0 spiro atoms. The number of methoxy groups -OCH3 is 1. The average Bonchev–Trinajstić information content (AvgIpc) is 2.57. The molecule has 1 aromatic carbocycles. The van der Waals surface area contributed by atoms with Gasteiger partial charge in [-0.2, -0.15) is 5.10 Å². The summed E-state index contributed by atoms with van der Waals surface area (Å²) in [7, 11) is 1.65. The molecular formula is C13H17N3O. The Balaban J connectivity index is 2.67. The third kappa shape index (κ3) is 1.86. The molecule has 0 saturated heterocycles. The first-order valence-electron chi connectivity index (χ1n) is 5.51. The third-order valence-corrected chi connectivity index (χ3v) is 3.08. The zero-order valence-corrected chi connectivity index (χ0v) is 10.6. The number of ether oxygens (including phenoxy) is 1. The van der Waals surface area contributed by atoms with E-state index in [1.165, 1.54) is 5.56 Å². The summed E-state index contributed by atoms with van der Waals surface area (Å²) < 4.78 is 7.22. The van der Waals surface area contributed by atoms with E-state index in [0.717, 1.165) is 22.8 Å². The van der Waals surface area contributed by atoms with Gasteiger partial charge in [0.25, 0.3) is 0 Å². The second kappa shape index (κ2) is 4.13. The van der Waals surface area contributed by atoms with Crippen LogP contribution < -0.4 is 10.5 Å². The predicted octanol–water partition coefficient (Wildman–Crippen LogP) is 2.39. The van der Waals surface area contributed by atoms with Gasteiger partial charge in [0.05, 0.1) is 12.8 Å². The van der Waals surface area contributed by atoms with E-state index in [4.69, 9.17) is 10.5 Å². The molecule has 1 aromatic heterocycles. The van der Waals surface area contributed by atoms with Gasteiger partial charge in [0.2, 0.25) is 0 Å². The number of aryl methyl sites for hydroxylation is 1. The molecule has 0 radical (unpaired) electrons. The molecule has 0 fully saturated rings. The number of aromatic nitrogens is 2. The van der Waals surface area contributed by atoms with E-state index in [9.17, 15) is 0 Å². The molecule has 2 aromatic rings. The van der Waals surface area contributed by atoms with Gasteiger partial charge in [-0.1, -0.05) is 0 Å². The van der Waals surface area contributed by atoms with Crippen LogP contribution in [0.25, 0.3) is 5.69 Å². The average molecular weight is 231 g/mol. The Morgan fingerprint density at radius 2 is 1.94 bits per heavy atom. The minimum atomic E-state index is 0.700. The lowest BCUT2D eigenvalue weighted by atomic mass is 10.2. The highest BCUT2D eigenvalue weighted by Gasteiger charge is 2.12. The van der Waals surface area contributed by atoms with Crippen molar-refractivity contribution in [3.63, 3.8) is 0 Å². The van der Waals surface area contributed by atoms with Crippen LogP contribution >= 0.6 is 0 Å². The van der Waals surface area contributed by atoms with E-state index < -0.39 is 0 Å². The summed E-state index contributed by atoms with van der Waals surface area (Å²) in [4.78, 5) is 0. The highest BCUT2D eigenvalue weighted by Crippen LogP contribution is 2.27. The summed E-state index contributed by atoms with van der Waals surface area (Å²) in [5, 5.41) is 4.51. The van der Waals surface area contributed by atoms with Crippen molar-refractivity contribution in [2.24, 2.45) is 0 Å². The maximum absolute atomic E-state index is 5.82. The summed E-state index contributed by atoms with van der Waals surface area (Å²) in [6, 6.07) is 5.55. The van der Waals surface area contributed by atoms with E-state index in [-0.39, 0.29) is 0 Å². The molecule has 4 heteroatoms. The van der Waals surface area contributed by atoms with Gasteiger partial charge in [-0.25, -0.2) is 4.68 Å². The summed E-state index contributed by atoms with van der Waals surface area (Å²) in [6.07, 6.45) is 0. The quantitative estimate of drug-likeness (QED) is 0.807. The van der Waals surface area contributed by atoms with Crippen molar-refractivity contribution in [2.45, 2.75) is 20.8 Å². The molecule has 0 aliphatic rings. The van der Waals surface area contributed by atoms with E-state index in [2.05, 4.69) is 12.0 Å². The van der Waals surface area contributed by atoms with Gasteiger partial charge in [0.15, 0.2) is 0 Å². The maximum Gasteiger partial charge on any atom is 0.144 e. The Kier molecular flexibility index (Phi) is 2.79. The minimum Gasteiger partial charge on any atom is -0.494 e. The zero-order valence-electron chi connectivity index (χ0n) is 10.6. The molecule has 0 atom stereocenters. The van der Waals surface area contributed by atoms with Crippen molar-refractivity contribution in [1.82, 2.24) is 9.78 Å². The molecule has 17 heavy (non-hydrogen) atoms. The van der Waals surface area contributed by atoms with Crippen molar-refractivity contribution in [2.75, 3.05) is 12.8 Å². The lowest BCUT2D eigenvalue weighted by Gasteiger charge is -2.11. The molecule has 0 aliphatic carbocycles. The minimum absolute atomic E-state index is 0.700. The summed E-state index contributed by atoms with van der Waals surface area (Å²) >= 11 is 0. The fourth-order valence-corrected chi connectivity index (χ4v) is 1.83. The first-order valence-corrected chi connectivity index (χ1v) is 5.51. The van der Waals surface area contributed by atoms with Crippen LogP contribution in [0.4, 0.5) is 5.69 Å². The van der Waals surface area contributed by atoms with Crippen LogP contribution in [0.1, 0.15) is 17.0 Å². The number of nitrogens with zero attached hydrogens (tertiary/aromatic N) is 2. The SMILES string of the molecule is COc1ccc(N)cc1-n1nc(C)c(C)c1C. The second-order valence-corrected chi connectivity index (χ2v) is 4.14. The van der Waals surface area contributed by atoms with Crippen LogP contribution in [0.15, 0.2) is 18.2 Å². The highest BCUT2D eigenvalue weighted by molar-refractivity contribution is 5.57. The van der Waals surface area contributed by atoms with Gasteiger partial charge in [0.1, 0.15) is 11.4 Å². The number of hydrogen-bond donors (Lipinski definition) is 1. The van der Waals surface area contributed by atoms with Gasteiger partial charge in [-0.15, -0.1) is 0 Å². The molecule has 0 unspecified atom stereocenters. The van der Waals surface area contributed by atoms with Gasteiger partial charge >= 0.3 is 0 Å². The Bertz CT molecular complexity index is 558. The van der Waals surface area contributed by atoms with E-state index >= 15 is 0 Å². The first-order chi connectivity index (χ1) is 8.04. The number of anilines is 1. The molecule has 4 nitrogen and oxygen atoms in total. The molecule has 0 bridgehead atoms. The Morgan fingerprint density at radius 3 is 2.47 bits per heavy atom.